The van der Waals surface area contributed by atoms with Crippen LogP contribution < -0.4 is 5.32 Å². The molecule has 140 valence electrons. The maximum Gasteiger partial charge on any atom is 0.223 e. The minimum absolute atomic E-state index is 0.0455. The fourth-order valence-electron chi connectivity index (χ4n) is 4.22. The molecule has 1 N–H and O–H groups in total. The van der Waals surface area contributed by atoms with Crippen LogP contribution in [0.1, 0.15) is 66.2 Å². The fraction of sp³-hybridized carbons (Fsp3) is 0.944. The number of carbonyl (C=O) groups is 1. The molecule has 0 bridgehead atoms. The first-order valence-corrected chi connectivity index (χ1v) is 11.0. The lowest BCUT2D eigenvalue weighted by atomic mass is 9.69. The van der Waals surface area contributed by atoms with Crippen molar-refractivity contribution in [2.75, 3.05) is 18.8 Å². The van der Waals surface area contributed by atoms with Gasteiger partial charge in [0.05, 0.1) is 5.75 Å². The van der Waals surface area contributed by atoms with Gasteiger partial charge in [0.1, 0.15) is 0 Å². The Balaban J connectivity index is 1.91. The molecule has 2 fully saturated rings. The van der Waals surface area contributed by atoms with Gasteiger partial charge in [0, 0.05) is 25.0 Å². The summed E-state index contributed by atoms with van der Waals surface area (Å²) in [4.78, 5) is 12.7. The van der Waals surface area contributed by atoms with Crippen molar-refractivity contribution >= 4 is 15.9 Å². The summed E-state index contributed by atoms with van der Waals surface area (Å²) in [6.45, 7) is 9.40. The molecule has 1 saturated heterocycles. The number of hydrogen-bond donors (Lipinski definition) is 1. The molecule has 0 spiro atoms. The summed E-state index contributed by atoms with van der Waals surface area (Å²) in [5.41, 5.74) is 0.205. The first-order chi connectivity index (χ1) is 11.1. The molecule has 0 aromatic carbocycles. The first-order valence-electron chi connectivity index (χ1n) is 9.43. The zero-order chi connectivity index (χ0) is 18.0. The lowest BCUT2D eigenvalue weighted by Crippen LogP contribution is -2.50. The predicted octanol–water partition coefficient (Wildman–Crippen LogP) is 2.77. The zero-order valence-corrected chi connectivity index (χ0v) is 16.5. The van der Waals surface area contributed by atoms with E-state index in [1.165, 1.54) is 23.6 Å². The van der Waals surface area contributed by atoms with Crippen LogP contribution in [0.2, 0.25) is 0 Å². The number of nitrogens with zero attached hydrogens (tertiary/aromatic N) is 1. The monoisotopic (exact) mass is 358 g/mol. The van der Waals surface area contributed by atoms with Gasteiger partial charge in [-0.25, -0.2) is 12.7 Å². The third kappa shape index (κ3) is 4.72. The summed E-state index contributed by atoms with van der Waals surface area (Å²) in [6, 6.07) is 0.267. The lowest BCUT2D eigenvalue weighted by Gasteiger charge is -2.41. The van der Waals surface area contributed by atoms with Crippen LogP contribution in [0, 0.1) is 17.3 Å². The second-order valence-electron chi connectivity index (χ2n) is 8.45. The number of carbonyl (C=O) groups excluding carboxylic acids is 1. The summed E-state index contributed by atoms with van der Waals surface area (Å²) in [6.07, 6.45) is 5.96. The van der Waals surface area contributed by atoms with E-state index in [1.54, 1.807) is 6.92 Å². The molecule has 5 nitrogen and oxygen atoms in total. The zero-order valence-electron chi connectivity index (χ0n) is 15.7. The van der Waals surface area contributed by atoms with Gasteiger partial charge >= 0.3 is 0 Å². The Bertz CT molecular complexity index is 531. The van der Waals surface area contributed by atoms with E-state index in [4.69, 9.17) is 0 Å². The molecule has 0 aromatic rings. The van der Waals surface area contributed by atoms with Crippen LogP contribution >= 0.6 is 0 Å². The van der Waals surface area contributed by atoms with Gasteiger partial charge in [-0.3, -0.25) is 4.79 Å². The summed E-state index contributed by atoms with van der Waals surface area (Å²) in [5, 5.41) is 3.31. The van der Waals surface area contributed by atoms with E-state index in [0.29, 0.717) is 31.8 Å². The number of rotatable bonds is 4. The Labute approximate surface area is 147 Å². The van der Waals surface area contributed by atoms with Crippen molar-refractivity contribution in [3.05, 3.63) is 0 Å². The van der Waals surface area contributed by atoms with Crippen molar-refractivity contribution in [2.45, 2.75) is 72.3 Å². The largest absolute Gasteiger partial charge is 0.353 e. The normalized spacial score (nSPS) is 27.8. The summed E-state index contributed by atoms with van der Waals surface area (Å²) in [7, 11) is -3.12. The van der Waals surface area contributed by atoms with Crippen molar-refractivity contribution in [1.29, 1.82) is 0 Å². The molecule has 1 amide bonds. The maximum atomic E-state index is 12.7. The molecular formula is C18H34N2O3S. The molecule has 2 unspecified atom stereocenters. The highest BCUT2D eigenvalue weighted by Gasteiger charge is 2.37. The van der Waals surface area contributed by atoms with E-state index >= 15 is 0 Å². The predicted molar refractivity (Wildman–Crippen MR) is 97.1 cm³/mol. The van der Waals surface area contributed by atoms with Crippen molar-refractivity contribution < 1.29 is 13.2 Å². The standard InChI is InChI=1S/C18H34N2O3S/c1-5-24(22,23)20-12-10-14(11-13-20)17(21)19-16-9-7-6-8-15(16)18(2,3)4/h14-16H,5-13H2,1-4H3,(H,19,21). The number of hydrogen-bond acceptors (Lipinski definition) is 3. The van der Waals surface area contributed by atoms with Gasteiger partial charge in [-0.05, 0) is 43.9 Å². The third-order valence-corrected chi connectivity index (χ3v) is 7.67. The van der Waals surface area contributed by atoms with Gasteiger partial charge in [-0.2, -0.15) is 0 Å². The summed E-state index contributed by atoms with van der Waals surface area (Å²) < 4.78 is 25.4. The molecule has 0 radical (unpaired) electrons. The Morgan fingerprint density at radius 2 is 1.67 bits per heavy atom. The molecule has 24 heavy (non-hydrogen) atoms. The number of sulfonamides is 1. The minimum Gasteiger partial charge on any atom is -0.353 e. The molecule has 1 aliphatic carbocycles. The molecular weight excluding hydrogens is 324 g/mol. The Morgan fingerprint density at radius 1 is 1.08 bits per heavy atom. The average Bonchev–Trinajstić information content (AvgIpc) is 2.54. The first kappa shape index (κ1) is 19.7. The Kier molecular flexibility index (Phi) is 6.35. The van der Waals surface area contributed by atoms with E-state index in [1.807, 2.05) is 0 Å². The average molecular weight is 359 g/mol. The summed E-state index contributed by atoms with van der Waals surface area (Å²) in [5.74, 6) is 0.746. The van der Waals surface area contributed by atoms with E-state index < -0.39 is 10.0 Å². The van der Waals surface area contributed by atoms with Crippen LogP contribution in [0.25, 0.3) is 0 Å². The van der Waals surface area contributed by atoms with Crippen molar-refractivity contribution in [1.82, 2.24) is 9.62 Å². The highest BCUT2D eigenvalue weighted by Crippen LogP contribution is 2.38. The van der Waals surface area contributed by atoms with Crippen LogP contribution in [-0.2, 0) is 14.8 Å². The molecule has 6 heteroatoms. The molecule has 1 heterocycles. The molecule has 0 aromatic heterocycles. The highest BCUT2D eigenvalue weighted by atomic mass is 32.2. The Morgan fingerprint density at radius 3 is 2.21 bits per heavy atom. The van der Waals surface area contributed by atoms with E-state index in [2.05, 4.69) is 26.1 Å². The SMILES string of the molecule is CCS(=O)(=O)N1CCC(C(=O)NC2CCCCC2C(C)(C)C)CC1. The molecule has 1 saturated carbocycles. The maximum absolute atomic E-state index is 12.7. The molecule has 2 rings (SSSR count). The number of nitrogens with one attached hydrogen (secondary N) is 1. The van der Waals surface area contributed by atoms with Crippen LogP contribution in [0.3, 0.4) is 0 Å². The summed E-state index contributed by atoms with van der Waals surface area (Å²) >= 11 is 0. The van der Waals surface area contributed by atoms with E-state index in [9.17, 15) is 13.2 Å². The van der Waals surface area contributed by atoms with Gasteiger partial charge in [-0.1, -0.05) is 33.6 Å². The van der Waals surface area contributed by atoms with Crippen LogP contribution in [0.5, 0.6) is 0 Å². The van der Waals surface area contributed by atoms with Gasteiger partial charge in [0.15, 0.2) is 0 Å². The lowest BCUT2D eigenvalue weighted by molar-refractivity contribution is -0.127. The molecule has 2 aliphatic rings. The van der Waals surface area contributed by atoms with Crippen LogP contribution in [0.4, 0.5) is 0 Å². The van der Waals surface area contributed by atoms with Gasteiger partial charge < -0.3 is 5.32 Å². The van der Waals surface area contributed by atoms with Crippen LogP contribution in [0.15, 0.2) is 0 Å². The highest BCUT2D eigenvalue weighted by molar-refractivity contribution is 7.89. The second kappa shape index (κ2) is 7.73. The van der Waals surface area contributed by atoms with Gasteiger partial charge in [0.25, 0.3) is 0 Å². The molecule has 2 atom stereocenters. The van der Waals surface area contributed by atoms with E-state index in [0.717, 1.165) is 6.42 Å². The van der Waals surface area contributed by atoms with Crippen molar-refractivity contribution in [3.8, 4) is 0 Å². The van der Waals surface area contributed by atoms with Crippen molar-refractivity contribution in [3.63, 3.8) is 0 Å². The number of piperidine rings is 1. The van der Waals surface area contributed by atoms with Gasteiger partial charge in [-0.15, -0.1) is 0 Å². The van der Waals surface area contributed by atoms with Gasteiger partial charge in [0.2, 0.25) is 15.9 Å². The van der Waals surface area contributed by atoms with E-state index in [-0.39, 0.29) is 29.0 Å². The van der Waals surface area contributed by atoms with Crippen molar-refractivity contribution in [2.24, 2.45) is 17.3 Å². The topological polar surface area (TPSA) is 66.5 Å². The smallest absolute Gasteiger partial charge is 0.223 e. The Hall–Kier alpha value is -0.620. The fourth-order valence-corrected chi connectivity index (χ4v) is 5.35. The quantitative estimate of drug-likeness (QED) is 0.840. The second-order valence-corrected chi connectivity index (χ2v) is 10.7. The number of amides is 1. The minimum atomic E-state index is -3.12. The third-order valence-electron chi connectivity index (χ3n) is 5.79. The van der Waals surface area contributed by atoms with Crippen LogP contribution in [-0.4, -0.2) is 43.5 Å². The molecule has 1 aliphatic heterocycles.